The van der Waals surface area contributed by atoms with Gasteiger partial charge in [0.15, 0.2) is 5.96 Å². The molecule has 1 aliphatic heterocycles. The highest BCUT2D eigenvalue weighted by Crippen LogP contribution is 2.66. The number of nitrogens with one attached hydrogen (secondary N) is 2. The Hall–Kier alpha value is -2.34. The Kier molecular flexibility index (Phi) is 2.91. The maximum Gasteiger partial charge on any atom is 0.237 e. The number of benzene rings is 1. The number of fused-ring (bicyclic) bond motifs is 1. The van der Waals surface area contributed by atoms with E-state index in [2.05, 4.69) is 18.3 Å². The molecule has 4 rings (SSSR count). The third kappa shape index (κ3) is 1.80. The first-order valence-corrected chi connectivity index (χ1v) is 8.72. The minimum atomic E-state index is -0.476. The Morgan fingerprint density at radius 3 is 2.83 bits per heavy atom. The number of aryl methyl sites for hydroxylation is 1. The molecule has 24 heavy (non-hydrogen) atoms. The predicted octanol–water partition coefficient (Wildman–Crippen LogP) is 2.91. The van der Waals surface area contributed by atoms with E-state index in [1.807, 2.05) is 31.2 Å². The van der Waals surface area contributed by atoms with Crippen LogP contribution in [0.3, 0.4) is 0 Å². The molecule has 2 aromatic rings. The number of guanidine groups is 1. The molecule has 6 heteroatoms. The normalized spacial score (nSPS) is 28.5. The lowest BCUT2D eigenvalue weighted by atomic mass is 9.95. The van der Waals surface area contributed by atoms with E-state index in [0.29, 0.717) is 0 Å². The van der Waals surface area contributed by atoms with Gasteiger partial charge in [0.25, 0.3) is 0 Å². The van der Waals surface area contributed by atoms with Crippen molar-refractivity contribution in [2.75, 3.05) is 12.8 Å². The lowest BCUT2D eigenvalue weighted by Crippen LogP contribution is -2.56. The average molecular weight is 340 g/mol. The Morgan fingerprint density at radius 1 is 1.38 bits per heavy atom. The smallest absolute Gasteiger partial charge is 0.237 e. The van der Waals surface area contributed by atoms with Crippen molar-refractivity contribution in [2.45, 2.75) is 25.8 Å². The van der Waals surface area contributed by atoms with Crippen molar-refractivity contribution in [3.63, 3.8) is 0 Å². The fourth-order valence-corrected chi connectivity index (χ4v) is 5.11. The summed E-state index contributed by atoms with van der Waals surface area (Å²) < 4.78 is 0. The third-order valence-corrected chi connectivity index (χ3v) is 6.63. The summed E-state index contributed by atoms with van der Waals surface area (Å²) in [7, 11) is 1.66. The third-order valence-electron chi connectivity index (χ3n) is 5.42. The highest BCUT2D eigenvalue weighted by Gasteiger charge is 2.74. The van der Waals surface area contributed by atoms with Gasteiger partial charge >= 0.3 is 0 Å². The topological polar surface area (TPSA) is 82.2 Å². The molecule has 2 fully saturated rings. The van der Waals surface area contributed by atoms with Crippen LogP contribution in [0.5, 0.6) is 0 Å². The van der Waals surface area contributed by atoms with Crippen LogP contribution in [0, 0.1) is 17.7 Å². The highest BCUT2D eigenvalue weighted by atomic mass is 32.1. The minimum absolute atomic E-state index is 0.0165. The number of nitrogens with two attached hydrogens (primary N) is 1. The van der Waals surface area contributed by atoms with Gasteiger partial charge in [0.2, 0.25) is 5.91 Å². The Labute approximate surface area is 145 Å². The fourth-order valence-electron chi connectivity index (χ4n) is 3.79. The predicted molar refractivity (Wildman–Crippen MR) is 96.9 cm³/mol. The fraction of sp³-hybridized carbons (Fsp3) is 0.333. The van der Waals surface area contributed by atoms with Gasteiger partial charge in [-0.3, -0.25) is 15.1 Å². The number of nitrogen functional groups attached to an aromatic ring is 1. The molecule has 4 N–H and O–H groups in total. The lowest BCUT2D eigenvalue weighted by molar-refractivity contribution is -0.133. The van der Waals surface area contributed by atoms with Crippen LogP contribution >= 0.6 is 11.3 Å². The van der Waals surface area contributed by atoms with E-state index in [0.717, 1.165) is 28.1 Å². The molecule has 1 saturated carbocycles. The number of carbonyl (C=O) groups is 1. The molecule has 1 amide bonds. The van der Waals surface area contributed by atoms with Crippen molar-refractivity contribution in [2.24, 2.45) is 5.41 Å². The van der Waals surface area contributed by atoms with E-state index in [4.69, 9.17) is 11.1 Å². The molecule has 0 radical (unpaired) electrons. The van der Waals surface area contributed by atoms with Crippen LogP contribution < -0.4 is 11.1 Å². The first-order valence-electron chi connectivity index (χ1n) is 7.90. The van der Waals surface area contributed by atoms with Gasteiger partial charge in [-0.15, -0.1) is 11.3 Å². The van der Waals surface area contributed by atoms with Crippen LogP contribution in [-0.2, 0) is 10.3 Å². The van der Waals surface area contributed by atoms with Gasteiger partial charge in [-0.1, -0.05) is 12.1 Å². The van der Waals surface area contributed by atoms with Crippen molar-refractivity contribution < 1.29 is 4.79 Å². The van der Waals surface area contributed by atoms with E-state index in [1.165, 1.54) is 9.78 Å². The number of anilines is 1. The van der Waals surface area contributed by atoms with Crippen molar-refractivity contribution in [1.29, 1.82) is 5.41 Å². The summed E-state index contributed by atoms with van der Waals surface area (Å²) in [6.07, 6.45) is 0.724. The van der Waals surface area contributed by atoms with Crippen molar-refractivity contribution in [3.05, 3.63) is 40.1 Å². The summed E-state index contributed by atoms with van der Waals surface area (Å²) in [5.74, 6) is 0.189. The van der Waals surface area contributed by atoms with Crippen LogP contribution in [0.1, 0.15) is 23.1 Å². The maximum absolute atomic E-state index is 12.6. The zero-order chi connectivity index (χ0) is 17.3. The Balaban J connectivity index is 1.78. The molecule has 1 saturated heterocycles. The number of thiophene rings is 1. The number of amides is 1. The van der Waals surface area contributed by atoms with Crippen LogP contribution in [0.2, 0.25) is 0 Å². The monoisotopic (exact) mass is 340 g/mol. The van der Waals surface area contributed by atoms with Gasteiger partial charge in [-0.25, -0.2) is 0 Å². The van der Waals surface area contributed by atoms with E-state index in [9.17, 15) is 4.79 Å². The standard InChI is InChI=1S/C18H20N4OS/c1-10-13(11-5-4-6-12(19)7-11)8-14(24-10)18-9-17(18,2)15(23)22(3)16(20)21-18/h4-8H,9,19H2,1-3H3,(H2,20,21)/t17?,18-/m1/s1. The van der Waals surface area contributed by atoms with Crippen LogP contribution in [0.25, 0.3) is 11.1 Å². The van der Waals surface area contributed by atoms with Crippen LogP contribution in [0.15, 0.2) is 30.3 Å². The van der Waals surface area contributed by atoms with Gasteiger partial charge < -0.3 is 11.1 Å². The molecule has 1 aromatic carbocycles. The van der Waals surface area contributed by atoms with Gasteiger partial charge in [0.05, 0.1) is 11.0 Å². The number of carbonyl (C=O) groups excluding carboxylic acids is 1. The van der Waals surface area contributed by atoms with Crippen LogP contribution in [-0.4, -0.2) is 23.8 Å². The summed E-state index contributed by atoms with van der Waals surface area (Å²) in [4.78, 5) is 16.3. The zero-order valence-corrected chi connectivity index (χ0v) is 14.8. The summed E-state index contributed by atoms with van der Waals surface area (Å²) in [6.45, 7) is 4.08. The molecular weight excluding hydrogens is 320 g/mol. The molecule has 0 spiro atoms. The summed E-state index contributed by atoms with van der Waals surface area (Å²) in [5, 5.41) is 11.4. The molecule has 2 aliphatic rings. The summed E-state index contributed by atoms with van der Waals surface area (Å²) in [5.41, 5.74) is 7.97. The van der Waals surface area contributed by atoms with Gasteiger partial charge in [-0.05, 0) is 49.6 Å². The zero-order valence-electron chi connectivity index (χ0n) is 13.9. The molecule has 1 aliphatic carbocycles. The first kappa shape index (κ1) is 15.2. The van der Waals surface area contributed by atoms with E-state index >= 15 is 0 Å². The molecule has 2 atom stereocenters. The summed E-state index contributed by atoms with van der Waals surface area (Å²) in [6, 6.07) is 10.0. The second-order valence-corrected chi connectivity index (χ2v) is 8.21. The Morgan fingerprint density at radius 2 is 2.12 bits per heavy atom. The second-order valence-electron chi connectivity index (χ2n) is 6.96. The number of hydrogen-bond acceptors (Lipinski definition) is 4. The summed E-state index contributed by atoms with van der Waals surface area (Å²) >= 11 is 1.70. The SMILES string of the molecule is Cc1sc([C@]23CC2(C)C(=O)N(C)C(=N)N3)cc1-c1cccc(N)c1. The van der Waals surface area contributed by atoms with Gasteiger partial charge in [0.1, 0.15) is 0 Å². The Bertz CT molecular complexity index is 889. The molecule has 124 valence electrons. The first-order chi connectivity index (χ1) is 11.3. The van der Waals surface area contributed by atoms with E-state index in [-0.39, 0.29) is 11.9 Å². The number of rotatable bonds is 2. The van der Waals surface area contributed by atoms with Gasteiger partial charge in [0, 0.05) is 22.5 Å². The van der Waals surface area contributed by atoms with Crippen LogP contribution in [0.4, 0.5) is 5.69 Å². The number of hydrogen-bond donors (Lipinski definition) is 3. The van der Waals surface area contributed by atoms with Crippen molar-refractivity contribution >= 4 is 28.9 Å². The molecule has 5 nitrogen and oxygen atoms in total. The number of nitrogens with zero attached hydrogens (tertiary/aromatic N) is 1. The molecule has 0 bridgehead atoms. The largest absolute Gasteiger partial charge is 0.399 e. The molecule has 2 heterocycles. The minimum Gasteiger partial charge on any atom is -0.399 e. The van der Waals surface area contributed by atoms with Gasteiger partial charge in [-0.2, -0.15) is 0 Å². The second kappa shape index (κ2) is 4.60. The van der Waals surface area contributed by atoms with E-state index in [1.54, 1.807) is 18.4 Å². The molecule has 1 aromatic heterocycles. The lowest BCUT2D eigenvalue weighted by Gasteiger charge is -2.34. The molecule has 1 unspecified atom stereocenters. The molecular formula is C18H20N4OS. The van der Waals surface area contributed by atoms with Crippen molar-refractivity contribution in [1.82, 2.24) is 10.2 Å². The maximum atomic E-state index is 12.6. The van der Waals surface area contributed by atoms with Crippen molar-refractivity contribution in [3.8, 4) is 11.1 Å². The average Bonchev–Trinajstić information content (AvgIpc) is 2.97. The highest BCUT2D eigenvalue weighted by molar-refractivity contribution is 7.12. The van der Waals surface area contributed by atoms with E-state index < -0.39 is 11.0 Å². The quantitative estimate of drug-likeness (QED) is 0.735.